The minimum absolute atomic E-state index is 0.0561. The molecule has 8 heteroatoms. The van der Waals surface area contributed by atoms with Gasteiger partial charge >= 0.3 is 0 Å². The molecule has 0 aliphatic carbocycles. The van der Waals surface area contributed by atoms with Crippen LogP contribution in [-0.4, -0.2) is 56.2 Å². The van der Waals surface area contributed by atoms with E-state index in [2.05, 4.69) is 16.0 Å². The second-order valence-corrected chi connectivity index (χ2v) is 7.81. The number of benzene rings is 1. The Bertz CT molecular complexity index is 704. The quantitative estimate of drug-likeness (QED) is 0.422. The first-order valence-electron chi connectivity index (χ1n) is 10.3. The van der Waals surface area contributed by atoms with E-state index >= 15 is 0 Å². The van der Waals surface area contributed by atoms with E-state index in [1.54, 1.807) is 38.1 Å². The molecule has 30 heavy (non-hydrogen) atoms. The first-order valence-corrected chi connectivity index (χ1v) is 10.3. The van der Waals surface area contributed by atoms with Gasteiger partial charge in [0.15, 0.2) is 6.61 Å². The number of rotatable bonds is 13. The van der Waals surface area contributed by atoms with Gasteiger partial charge in [-0.3, -0.25) is 14.4 Å². The molecule has 0 saturated carbocycles. The predicted octanol–water partition coefficient (Wildman–Crippen LogP) is 1.89. The summed E-state index contributed by atoms with van der Waals surface area (Å²) < 4.78 is 11.1. The Morgan fingerprint density at radius 3 is 2.40 bits per heavy atom. The van der Waals surface area contributed by atoms with Crippen LogP contribution in [0.25, 0.3) is 0 Å². The van der Waals surface area contributed by atoms with E-state index in [1.165, 1.54) is 0 Å². The Labute approximate surface area is 179 Å². The molecule has 0 aliphatic heterocycles. The number of carbonyl (C=O) groups is 3. The average molecular weight is 422 g/mol. The van der Waals surface area contributed by atoms with Gasteiger partial charge in [-0.1, -0.05) is 19.9 Å². The van der Waals surface area contributed by atoms with Crippen molar-refractivity contribution < 1.29 is 23.9 Å². The number of hydrogen-bond donors (Lipinski definition) is 3. The van der Waals surface area contributed by atoms with E-state index in [1.807, 2.05) is 20.8 Å². The van der Waals surface area contributed by atoms with Gasteiger partial charge in [-0.25, -0.2) is 0 Å². The fourth-order valence-corrected chi connectivity index (χ4v) is 2.56. The zero-order chi connectivity index (χ0) is 22.6. The van der Waals surface area contributed by atoms with Crippen molar-refractivity contribution in [1.29, 1.82) is 0 Å². The molecule has 1 rings (SSSR count). The van der Waals surface area contributed by atoms with Gasteiger partial charge in [-0.05, 0) is 45.4 Å². The van der Waals surface area contributed by atoms with E-state index in [0.29, 0.717) is 44.0 Å². The van der Waals surface area contributed by atoms with Gasteiger partial charge in [-0.15, -0.1) is 0 Å². The lowest BCUT2D eigenvalue weighted by atomic mass is 10.1. The van der Waals surface area contributed by atoms with Crippen LogP contribution in [0.3, 0.4) is 0 Å². The Hall–Kier alpha value is -2.61. The highest BCUT2D eigenvalue weighted by molar-refractivity contribution is 5.94. The van der Waals surface area contributed by atoms with Crippen LogP contribution in [0.15, 0.2) is 24.3 Å². The topological polar surface area (TPSA) is 106 Å². The van der Waals surface area contributed by atoms with Gasteiger partial charge in [0, 0.05) is 37.7 Å². The zero-order valence-electron chi connectivity index (χ0n) is 18.7. The third-order valence-electron chi connectivity index (χ3n) is 4.28. The van der Waals surface area contributed by atoms with E-state index in [4.69, 9.17) is 9.47 Å². The van der Waals surface area contributed by atoms with Gasteiger partial charge in [0.25, 0.3) is 11.8 Å². The summed E-state index contributed by atoms with van der Waals surface area (Å²) in [6, 6.07) is 6.61. The smallest absolute Gasteiger partial charge is 0.257 e. The monoisotopic (exact) mass is 421 g/mol. The maximum atomic E-state index is 12.2. The van der Waals surface area contributed by atoms with Crippen LogP contribution < -0.4 is 20.7 Å². The maximum absolute atomic E-state index is 12.2. The third-order valence-corrected chi connectivity index (χ3v) is 4.28. The summed E-state index contributed by atoms with van der Waals surface area (Å²) in [5.41, 5.74) is 0.129. The molecular weight excluding hydrogens is 386 g/mol. The Morgan fingerprint density at radius 1 is 1.03 bits per heavy atom. The van der Waals surface area contributed by atoms with Crippen molar-refractivity contribution in [2.24, 2.45) is 5.92 Å². The summed E-state index contributed by atoms with van der Waals surface area (Å²) in [5.74, 6) is -0.234. The lowest BCUT2D eigenvalue weighted by Crippen LogP contribution is -2.36. The van der Waals surface area contributed by atoms with Crippen molar-refractivity contribution in [3.05, 3.63) is 29.8 Å². The van der Waals surface area contributed by atoms with E-state index < -0.39 is 0 Å². The van der Waals surface area contributed by atoms with Crippen LogP contribution in [0.4, 0.5) is 0 Å². The molecule has 1 aromatic carbocycles. The number of carbonyl (C=O) groups excluding carboxylic acids is 3. The van der Waals surface area contributed by atoms with Crippen LogP contribution in [-0.2, 0) is 14.3 Å². The predicted molar refractivity (Wildman–Crippen MR) is 115 cm³/mol. The molecule has 168 valence electrons. The van der Waals surface area contributed by atoms with Crippen molar-refractivity contribution in [2.45, 2.75) is 46.6 Å². The molecule has 0 fully saturated rings. The van der Waals surface area contributed by atoms with E-state index in [9.17, 15) is 14.4 Å². The second kappa shape index (κ2) is 12.8. The molecular formula is C22H35N3O5. The van der Waals surface area contributed by atoms with Crippen molar-refractivity contribution >= 4 is 17.7 Å². The summed E-state index contributed by atoms with van der Waals surface area (Å²) >= 11 is 0. The second-order valence-electron chi connectivity index (χ2n) is 7.81. The molecule has 0 atom stereocenters. The molecule has 0 aliphatic rings. The highest BCUT2D eigenvalue weighted by Crippen LogP contribution is 2.14. The Morgan fingerprint density at radius 2 is 1.73 bits per heavy atom. The van der Waals surface area contributed by atoms with Crippen molar-refractivity contribution in [1.82, 2.24) is 16.0 Å². The van der Waals surface area contributed by atoms with Crippen LogP contribution in [0.2, 0.25) is 0 Å². The van der Waals surface area contributed by atoms with Crippen LogP contribution in [0, 0.1) is 5.92 Å². The van der Waals surface area contributed by atoms with Crippen molar-refractivity contribution in [3.8, 4) is 5.75 Å². The SMILES string of the molecule is CCOC(C)(C)CCNC(=O)COc1cccc(C(=O)NCCNC(=O)C(C)C)c1. The first kappa shape index (κ1) is 25.4. The molecule has 0 spiro atoms. The number of ether oxygens (including phenoxy) is 2. The minimum atomic E-state index is -0.290. The zero-order valence-corrected chi connectivity index (χ0v) is 18.7. The Balaban J connectivity index is 2.38. The number of amides is 3. The molecule has 1 aromatic rings. The van der Waals surface area contributed by atoms with E-state index in [-0.39, 0.29) is 35.8 Å². The summed E-state index contributed by atoms with van der Waals surface area (Å²) in [4.78, 5) is 35.7. The van der Waals surface area contributed by atoms with Crippen molar-refractivity contribution in [2.75, 3.05) is 32.8 Å². The summed E-state index contributed by atoms with van der Waals surface area (Å²) in [6.07, 6.45) is 0.694. The fourth-order valence-electron chi connectivity index (χ4n) is 2.56. The average Bonchev–Trinajstić information content (AvgIpc) is 2.69. The normalized spacial score (nSPS) is 11.1. The first-order chi connectivity index (χ1) is 14.1. The highest BCUT2D eigenvalue weighted by Gasteiger charge is 2.17. The van der Waals surface area contributed by atoms with E-state index in [0.717, 1.165) is 0 Å². The molecule has 0 heterocycles. The van der Waals surface area contributed by atoms with Gasteiger partial charge in [0.2, 0.25) is 5.91 Å². The molecule has 3 amide bonds. The molecule has 8 nitrogen and oxygen atoms in total. The van der Waals surface area contributed by atoms with Gasteiger partial charge in [0.1, 0.15) is 5.75 Å². The standard InChI is InChI=1S/C22H35N3O5/c1-6-30-22(4,5)10-11-23-19(26)15-29-18-9-7-8-17(14-18)21(28)25-13-12-24-20(27)16(2)3/h7-9,14,16H,6,10-13,15H2,1-5H3,(H,23,26)(H,24,27)(H,25,28). The van der Waals surface area contributed by atoms with Crippen LogP contribution >= 0.6 is 0 Å². The lowest BCUT2D eigenvalue weighted by molar-refractivity contribution is -0.124. The largest absolute Gasteiger partial charge is 0.484 e. The molecule has 0 aromatic heterocycles. The molecule has 3 N–H and O–H groups in total. The fraction of sp³-hybridized carbons (Fsp3) is 0.591. The Kier molecular flexibility index (Phi) is 10.9. The van der Waals surface area contributed by atoms with Crippen LogP contribution in [0.5, 0.6) is 5.75 Å². The van der Waals surface area contributed by atoms with Gasteiger partial charge in [-0.2, -0.15) is 0 Å². The van der Waals surface area contributed by atoms with Gasteiger partial charge in [0.05, 0.1) is 5.60 Å². The number of nitrogens with one attached hydrogen (secondary N) is 3. The maximum Gasteiger partial charge on any atom is 0.257 e. The summed E-state index contributed by atoms with van der Waals surface area (Å²) in [6.45, 7) is 11.2. The molecule has 0 unspecified atom stereocenters. The minimum Gasteiger partial charge on any atom is -0.484 e. The summed E-state index contributed by atoms with van der Waals surface area (Å²) in [5, 5.41) is 8.27. The van der Waals surface area contributed by atoms with Gasteiger partial charge < -0.3 is 25.4 Å². The lowest BCUT2D eigenvalue weighted by Gasteiger charge is -2.24. The number of hydrogen-bond acceptors (Lipinski definition) is 5. The van der Waals surface area contributed by atoms with Crippen molar-refractivity contribution in [3.63, 3.8) is 0 Å². The summed E-state index contributed by atoms with van der Waals surface area (Å²) in [7, 11) is 0. The van der Waals surface area contributed by atoms with Crippen LogP contribution in [0.1, 0.15) is 51.4 Å². The highest BCUT2D eigenvalue weighted by atomic mass is 16.5. The molecule has 0 bridgehead atoms. The third kappa shape index (κ3) is 10.2. The molecule has 0 saturated heterocycles. The molecule has 0 radical (unpaired) electrons.